The van der Waals surface area contributed by atoms with Crippen molar-refractivity contribution in [3.63, 3.8) is 0 Å². The molecule has 0 fully saturated rings. The molecule has 0 saturated heterocycles. The van der Waals surface area contributed by atoms with Crippen molar-refractivity contribution < 1.29 is 13.9 Å². The fraction of sp³-hybridized carbons (Fsp3) is 0.0769. The Labute approximate surface area is 116 Å². The molecule has 94 valence electrons. The van der Waals surface area contributed by atoms with E-state index < -0.39 is 17.7 Å². The van der Waals surface area contributed by atoms with Crippen LogP contribution in [0.25, 0.3) is 0 Å². The van der Waals surface area contributed by atoms with Crippen LogP contribution in [-0.4, -0.2) is 5.11 Å². The lowest BCUT2D eigenvalue weighted by atomic mass is 10.0. The third-order valence-electron chi connectivity index (χ3n) is 2.51. The maximum atomic E-state index is 13.5. The zero-order chi connectivity index (χ0) is 13.3. The first-order chi connectivity index (χ1) is 8.49. The fourth-order valence-corrected chi connectivity index (χ4v) is 2.39. The smallest absolute Gasteiger partial charge is 0.132 e. The van der Waals surface area contributed by atoms with Gasteiger partial charge in [-0.3, -0.25) is 0 Å². The number of rotatable bonds is 2. The van der Waals surface area contributed by atoms with Gasteiger partial charge in [-0.15, -0.1) is 0 Å². The van der Waals surface area contributed by atoms with Crippen LogP contribution in [0.1, 0.15) is 17.2 Å². The summed E-state index contributed by atoms with van der Waals surface area (Å²) in [6.07, 6.45) is -1.23. The van der Waals surface area contributed by atoms with Crippen molar-refractivity contribution in [3.05, 3.63) is 68.7 Å². The standard InChI is InChI=1S/C13H8BrClF2O/c14-7-1-3-9(11(15)5-7)13(18)10-4-2-8(16)6-12(10)17/h1-6,13,18H. The second-order valence-electron chi connectivity index (χ2n) is 3.73. The molecule has 0 aromatic heterocycles. The summed E-state index contributed by atoms with van der Waals surface area (Å²) in [6.45, 7) is 0. The van der Waals surface area contributed by atoms with Gasteiger partial charge in [-0.05, 0) is 18.2 Å². The van der Waals surface area contributed by atoms with Crippen LogP contribution in [0.4, 0.5) is 8.78 Å². The lowest BCUT2D eigenvalue weighted by Gasteiger charge is -2.14. The number of hydrogen-bond acceptors (Lipinski definition) is 1. The van der Waals surface area contributed by atoms with E-state index in [1.807, 2.05) is 0 Å². The lowest BCUT2D eigenvalue weighted by Crippen LogP contribution is -2.03. The highest BCUT2D eigenvalue weighted by atomic mass is 79.9. The molecule has 0 heterocycles. The molecule has 0 radical (unpaired) electrons. The lowest BCUT2D eigenvalue weighted by molar-refractivity contribution is 0.215. The summed E-state index contributed by atoms with van der Waals surface area (Å²) in [4.78, 5) is 0. The molecule has 0 saturated carbocycles. The maximum absolute atomic E-state index is 13.5. The second-order valence-corrected chi connectivity index (χ2v) is 5.06. The molecule has 2 aromatic rings. The van der Waals surface area contributed by atoms with Gasteiger partial charge in [0.1, 0.15) is 17.7 Å². The summed E-state index contributed by atoms with van der Waals surface area (Å²) in [7, 11) is 0. The zero-order valence-electron chi connectivity index (χ0n) is 9.00. The molecule has 0 spiro atoms. The van der Waals surface area contributed by atoms with Crippen LogP contribution >= 0.6 is 27.5 Å². The van der Waals surface area contributed by atoms with Crippen LogP contribution in [0.2, 0.25) is 5.02 Å². The predicted molar refractivity (Wildman–Crippen MR) is 69.6 cm³/mol. The van der Waals surface area contributed by atoms with Crippen LogP contribution in [0.3, 0.4) is 0 Å². The molecular formula is C13H8BrClF2O. The Balaban J connectivity index is 2.44. The molecule has 1 nitrogen and oxygen atoms in total. The van der Waals surface area contributed by atoms with Crippen molar-refractivity contribution in [1.29, 1.82) is 0 Å². The van der Waals surface area contributed by atoms with E-state index in [0.717, 1.165) is 16.6 Å². The highest BCUT2D eigenvalue weighted by Crippen LogP contribution is 2.31. The summed E-state index contributed by atoms with van der Waals surface area (Å²) in [5, 5.41) is 10.4. The molecule has 1 unspecified atom stereocenters. The molecule has 2 rings (SSSR count). The van der Waals surface area contributed by atoms with Crippen molar-refractivity contribution in [2.24, 2.45) is 0 Å². The van der Waals surface area contributed by atoms with Gasteiger partial charge in [0.25, 0.3) is 0 Å². The van der Waals surface area contributed by atoms with E-state index in [2.05, 4.69) is 15.9 Å². The van der Waals surface area contributed by atoms with Crippen LogP contribution in [-0.2, 0) is 0 Å². The Morgan fingerprint density at radius 1 is 1.06 bits per heavy atom. The van der Waals surface area contributed by atoms with Gasteiger partial charge in [0.05, 0.1) is 0 Å². The number of aliphatic hydroxyl groups excluding tert-OH is 1. The average molecular weight is 334 g/mol. The minimum absolute atomic E-state index is 0.0133. The van der Waals surface area contributed by atoms with Crippen LogP contribution in [0, 0.1) is 11.6 Å². The van der Waals surface area contributed by atoms with Gasteiger partial charge in [0, 0.05) is 26.7 Å². The van der Waals surface area contributed by atoms with Gasteiger partial charge in [0.2, 0.25) is 0 Å². The Morgan fingerprint density at radius 2 is 1.72 bits per heavy atom. The van der Waals surface area contributed by atoms with Gasteiger partial charge in [-0.1, -0.05) is 39.7 Å². The molecule has 0 bridgehead atoms. The fourth-order valence-electron chi connectivity index (χ4n) is 1.61. The van der Waals surface area contributed by atoms with Crippen molar-refractivity contribution in [3.8, 4) is 0 Å². The van der Waals surface area contributed by atoms with Crippen LogP contribution in [0.5, 0.6) is 0 Å². The minimum Gasteiger partial charge on any atom is -0.383 e. The highest BCUT2D eigenvalue weighted by Gasteiger charge is 2.18. The predicted octanol–water partition coefficient (Wildman–Crippen LogP) is 4.46. The molecule has 2 aromatic carbocycles. The molecule has 1 N–H and O–H groups in total. The quantitative estimate of drug-likeness (QED) is 0.860. The third-order valence-corrected chi connectivity index (χ3v) is 3.33. The molecular weight excluding hydrogens is 325 g/mol. The average Bonchev–Trinajstić information content (AvgIpc) is 2.28. The van der Waals surface area contributed by atoms with E-state index in [1.165, 1.54) is 6.07 Å². The van der Waals surface area contributed by atoms with Gasteiger partial charge < -0.3 is 5.11 Å². The Hall–Kier alpha value is -0.970. The van der Waals surface area contributed by atoms with E-state index in [9.17, 15) is 13.9 Å². The van der Waals surface area contributed by atoms with E-state index in [4.69, 9.17) is 11.6 Å². The van der Waals surface area contributed by atoms with Crippen LogP contribution in [0.15, 0.2) is 40.9 Å². The SMILES string of the molecule is OC(c1ccc(F)cc1F)c1ccc(Br)cc1Cl. The Kier molecular flexibility index (Phi) is 4.00. The summed E-state index contributed by atoms with van der Waals surface area (Å²) >= 11 is 9.21. The largest absolute Gasteiger partial charge is 0.383 e. The molecule has 18 heavy (non-hydrogen) atoms. The number of hydrogen-bond donors (Lipinski definition) is 1. The second kappa shape index (κ2) is 5.34. The Bertz CT molecular complexity index is 538. The molecule has 0 amide bonds. The topological polar surface area (TPSA) is 20.2 Å². The van der Waals surface area contributed by atoms with Crippen molar-refractivity contribution >= 4 is 27.5 Å². The maximum Gasteiger partial charge on any atom is 0.132 e. The summed E-state index contributed by atoms with van der Waals surface area (Å²) in [6, 6.07) is 7.89. The number of aliphatic hydroxyl groups is 1. The van der Waals surface area contributed by atoms with Crippen LogP contribution < -0.4 is 0 Å². The summed E-state index contributed by atoms with van der Waals surface area (Å²) < 4.78 is 27.1. The summed E-state index contributed by atoms with van der Waals surface area (Å²) in [5.41, 5.74) is 0.353. The van der Waals surface area contributed by atoms with Crippen molar-refractivity contribution in [2.45, 2.75) is 6.10 Å². The first kappa shape index (κ1) is 13.5. The zero-order valence-corrected chi connectivity index (χ0v) is 11.3. The monoisotopic (exact) mass is 332 g/mol. The van der Waals surface area contributed by atoms with E-state index in [-0.39, 0.29) is 5.56 Å². The third kappa shape index (κ3) is 2.71. The van der Waals surface area contributed by atoms with Crippen molar-refractivity contribution in [1.82, 2.24) is 0 Å². The van der Waals surface area contributed by atoms with E-state index in [1.54, 1.807) is 18.2 Å². The highest BCUT2D eigenvalue weighted by molar-refractivity contribution is 9.10. The molecule has 1 atom stereocenters. The molecule has 5 heteroatoms. The number of benzene rings is 2. The van der Waals surface area contributed by atoms with Crippen molar-refractivity contribution in [2.75, 3.05) is 0 Å². The normalized spacial score (nSPS) is 12.5. The van der Waals surface area contributed by atoms with Gasteiger partial charge in [-0.25, -0.2) is 8.78 Å². The molecule has 0 aliphatic rings. The number of halogens is 4. The Morgan fingerprint density at radius 3 is 2.33 bits per heavy atom. The first-order valence-electron chi connectivity index (χ1n) is 5.07. The molecule has 0 aliphatic carbocycles. The van der Waals surface area contributed by atoms with Gasteiger partial charge >= 0.3 is 0 Å². The molecule has 0 aliphatic heterocycles. The van der Waals surface area contributed by atoms with E-state index in [0.29, 0.717) is 10.6 Å². The minimum atomic E-state index is -1.23. The van der Waals surface area contributed by atoms with Gasteiger partial charge in [-0.2, -0.15) is 0 Å². The first-order valence-corrected chi connectivity index (χ1v) is 6.24. The van der Waals surface area contributed by atoms with Gasteiger partial charge in [0.15, 0.2) is 0 Å². The van der Waals surface area contributed by atoms with E-state index >= 15 is 0 Å². The summed E-state index contributed by atoms with van der Waals surface area (Å²) in [5.74, 6) is -1.49.